The molecule has 0 atom stereocenters. The second-order valence-electron chi connectivity index (χ2n) is 6.79. The fraction of sp³-hybridized carbons (Fsp3) is 0.333. The van der Waals surface area contributed by atoms with Gasteiger partial charge in [-0.3, -0.25) is 0 Å². The Hall–Kier alpha value is -3.02. The molecule has 1 heterocycles. The van der Waals surface area contributed by atoms with Crippen molar-refractivity contribution in [3.05, 3.63) is 59.2 Å². The number of carbonyl (C=O) groups excluding carboxylic acids is 2. The van der Waals surface area contributed by atoms with E-state index in [0.29, 0.717) is 24.3 Å². The van der Waals surface area contributed by atoms with Crippen LogP contribution in [0.3, 0.4) is 0 Å². The van der Waals surface area contributed by atoms with Gasteiger partial charge in [-0.1, -0.05) is 18.2 Å². The van der Waals surface area contributed by atoms with E-state index < -0.39 is 5.97 Å². The van der Waals surface area contributed by atoms with Gasteiger partial charge in [-0.2, -0.15) is 0 Å². The normalized spacial score (nSPS) is 14.0. The number of anilines is 2. The maximum atomic E-state index is 12.6. The molecule has 6 heteroatoms. The number of hydrogen-bond acceptors (Lipinski definition) is 4. The van der Waals surface area contributed by atoms with Gasteiger partial charge in [-0.15, -0.1) is 0 Å². The lowest BCUT2D eigenvalue weighted by Crippen LogP contribution is -2.50. The van der Waals surface area contributed by atoms with Gasteiger partial charge in [0, 0.05) is 31.9 Å². The van der Waals surface area contributed by atoms with Crippen molar-refractivity contribution < 1.29 is 14.3 Å². The number of urea groups is 1. The third-order valence-corrected chi connectivity index (χ3v) is 4.71. The van der Waals surface area contributed by atoms with E-state index in [2.05, 4.69) is 42.3 Å². The molecule has 27 heavy (non-hydrogen) atoms. The molecule has 0 radical (unpaired) electrons. The SMILES string of the molecule is COC(=O)c1ccccc1NC(=O)N1CCN(c2cc(C)cc(C)c2)CC1. The first-order valence-electron chi connectivity index (χ1n) is 9.04. The van der Waals surface area contributed by atoms with Gasteiger partial charge in [-0.05, 0) is 49.2 Å². The summed E-state index contributed by atoms with van der Waals surface area (Å²) in [4.78, 5) is 28.5. The Labute approximate surface area is 159 Å². The molecular formula is C21H25N3O3. The monoisotopic (exact) mass is 367 g/mol. The minimum atomic E-state index is -0.467. The van der Waals surface area contributed by atoms with Gasteiger partial charge in [0.25, 0.3) is 0 Å². The predicted molar refractivity (Wildman–Crippen MR) is 107 cm³/mol. The molecule has 0 spiro atoms. The Morgan fingerprint density at radius 3 is 2.22 bits per heavy atom. The van der Waals surface area contributed by atoms with E-state index in [-0.39, 0.29) is 6.03 Å². The van der Waals surface area contributed by atoms with Crippen LogP contribution in [0.4, 0.5) is 16.2 Å². The average Bonchev–Trinajstić information content (AvgIpc) is 2.67. The van der Waals surface area contributed by atoms with Crippen LogP contribution in [-0.2, 0) is 4.74 Å². The van der Waals surface area contributed by atoms with Crippen molar-refractivity contribution in [3.8, 4) is 0 Å². The molecule has 1 aliphatic rings. The van der Waals surface area contributed by atoms with Gasteiger partial charge in [0.1, 0.15) is 0 Å². The van der Waals surface area contributed by atoms with Gasteiger partial charge in [0.2, 0.25) is 0 Å². The van der Waals surface area contributed by atoms with Crippen molar-refractivity contribution in [2.45, 2.75) is 13.8 Å². The summed E-state index contributed by atoms with van der Waals surface area (Å²) in [5, 5.41) is 2.84. The van der Waals surface area contributed by atoms with Crippen molar-refractivity contribution in [1.29, 1.82) is 0 Å². The van der Waals surface area contributed by atoms with Gasteiger partial charge < -0.3 is 19.9 Å². The van der Waals surface area contributed by atoms with Crippen LogP contribution in [0.25, 0.3) is 0 Å². The van der Waals surface area contributed by atoms with E-state index in [9.17, 15) is 9.59 Å². The van der Waals surface area contributed by atoms with Crippen molar-refractivity contribution in [1.82, 2.24) is 4.90 Å². The summed E-state index contributed by atoms with van der Waals surface area (Å²) in [5.74, 6) is -0.467. The molecular weight excluding hydrogens is 342 g/mol. The number of para-hydroxylation sites is 1. The summed E-state index contributed by atoms with van der Waals surface area (Å²) in [6, 6.07) is 13.2. The summed E-state index contributed by atoms with van der Waals surface area (Å²) in [5.41, 5.74) is 4.49. The molecule has 1 fully saturated rings. The Morgan fingerprint density at radius 2 is 1.59 bits per heavy atom. The minimum absolute atomic E-state index is 0.202. The lowest BCUT2D eigenvalue weighted by Gasteiger charge is -2.36. The van der Waals surface area contributed by atoms with Crippen LogP contribution in [0.5, 0.6) is 0 Å². The molecule has 2 amide bonds. The second kappa shape index (κ2) is 8.12. The number of rotatable bonds is 3. The first kappa shape index (κ1) is 18.8. The summed E-state index contributed by atoms with van der Waals surface area (Å²) >= 11 is 0. The molecule has 6 nitrogen and oxygen atoms in total. The molecule has 0 saturated carbocycles. The van der Waals surface area contributed by atoms with E-state index >= 15 is 0 Å². The molecule has 2 aromatic carbocycles. The highest BCUT2D eigenvalue weighted by molar-refractivity contribution is 6.00. The number of piperazine rings is 1. The van der Waals surface area contributed by atoms with Crippen LogP contribution in [0.2, 0.25) is 0 Å². The molecule has 2 aromatic rings. The molecule has 1 N–H and O–H groups in total. The maximum absolute atomic E-state index is 12.6. The largest absolute Gasteiger partial charge is 0.465 e. The van der Waals surface area contributed by atoms with E-state index in [1.165, 1.54) is 23.9 Å². The fourth-order valence-electron chi connectivity index (χ4n) is 3.38. The van der Waals surface area contributed by atoms with Crippen LogP contribution in [0.1, 0.15) is 21.5 Å². The number of amides is 2. The maximum Gasteiger partial charge on any atom is 0.339 e. The van der Waals surface area contributed by atoms with E-state index in [1.807, 2.05) is 0 Å². The summed E-state index contributed by atoms with van der Waals surface area (Å²) < 4.78 is 4.78. The van der Waals surface area contributed by atoms with Gasteiger partial charge >= 0.3 is 12.0 Å². The summed E-state index contributed by atoms with van der Waals surface area (Å²) in [6.07, 6.45) is 0. The van der Waals surface area contributed by atoms with E-state index in [1.54, 1.807) is 29.2 Å². The lowest BCUT2D eigenvalue weighted by atomic mass is 10.1. The third-order valence-electron chi connectivity index (χ3n) is 4.71. The average molecular weight is 367 g/mol. The highest BCUT2D eigenvalue weighted by atomic mass is 16.5. The van der Waals surface area contributed by atoms with Crippen molar-refractivity contribution in [2.24, 2.45) is 0 Å². The van der Waals surface area contributed by atoms with Crippen LogP contribution < -0.4 is 10.2 Å². The molecule has 0 aliphatic carbocycles. The number of esters is 1. The Kier molecular flexibility index (Phi) is 5.64. The van der Waals surface area contributed by atoms with E-state index in [0.717, 1.165) is 13.1 Å². The molecule has 0 bridgehead atoms. The van der Waals surface area contributed by atoms with Crippen LogP contribution in [-0.4, -0.2) is 50.2 Å². The Bertz CT molecular complexity index is 822. The summed E-state index contributed by atoms with van der Waals surface area (Å²) in [6.45, 7) is 6.99. The van der Waals surface area contributed by atoms with Crippen LogP contribution >= 0.6 is 0 Å². The van der Waals surface area contributed by atoms with Crippen molar-refractivity contribution in [3.63, 3.8) is 0 Å². The number of methoxy groups -OCH3 is 1. The molecule has 0 aromatic heterocycles. The number of carbonyl (C=O) groups is 2. The van der Waals surface area contributed by atoms with Crippen LogP contribution in [0.15, 0.2) is 42.5 Å². The Balaban J connectivity index is 1.63. The first-order chi connectivity index (χ1) is 13.0. The first-order valence-corrected chi connectivity index (χ1v) is 9.04. The zero-order valence-corrected chi connectivity index (χ0v) is 16.0. The topological polar surface area (TPSA) is 61.9 Å². The third kappa shape index (κ3) is 4.39. The lowest BCUT2D eigenvalue weighted by molar-refractivity contribution is 0.0602. The zero-order valence-electron chi connectivity index (χ0n) is 16.0. The van der Waals surface area contributed by atoms with Gasteiger partial charge in [0.15, 0.2) is 0 Å². The highest BCUT2D eigenvalue weighted by Gasteiger charge is 2.23. The molecule has 1 saturated heterocycles. The molecule has 1 aliphatic heterocycles. The van der Waals surface area contributed by atoms with Gasteiger partial charge in [0.05, 0.1) is 18.4 Å². The molecule has 142 valence electrons. The smallest absolute Gasteiger partial charge is 0.339 e. The number of hydrogen-bond donors (Lipinski definition) is 1. The zero-order chi connectivity index (χ0) is 19.4. The van der Waals surface area contributed by atoms with Crippen molar-refractivity contribution >= 4 is 23.4 Å². The predicted octanol–water partition coefficient (Wildman–Crippen LogP) is 3.44. The highest BCUT2D eigenvalue weighted by Crippen LogP contribution is 2.21. The molecule has 3 rings (SSSR count). The number of ether oxygens (including phenoxy) is 1. The van der Waals surface area contributed by atoms with E-state index in [4.69, 9.17) is 4.74 Å². The number of benzene rings is 2. The minimum Gasteiger partial charge on any atom is -0.465 e. The number of nitrogens with one attached hydrogen (secondary N) is 1. The Morgan fingerprint density at radius 1 is 0.963 bits per heavy atom. The van der Waals surface area contributed by atoms with Crippen LogP contribution in [0, 0.1) is 13.8 Å². The number of nitrogens with zero attached hydrogens (tertiary/aromatic N) is 2. The standard InChI is InChI=1S/C21H25N3O3/c1-15-12-16(2)14-17(13-15)23-8-10-24(11-9-23)21(26)22-19-7-5-4-6-18(19)20(25)27-3/h4-7,12-14H,8-11H2,1-3H3,(H,22,26). The fourth-order valence-corrected chi connectivity index (χ4v) is 3.38. The van der Waals surface area contributed by atoms with Crippen molar-refractivity contribution in [2.75, 3.05) is 43.5 Å². The molecule has 0 unspecified atom stereocenters. The quantitative estimate of drug-likeness (QED) is 0.844. The number of aryl methyl sites for hydroxylation is 2. The summed E-state index contributed by atoms with van der Waals surface area (Å²) in [7, 11) is 1.33. The van der Waals surface area contributed by atoms with Gasteiger partial charge in [-0.25, -0.2) is 9.59 Å². The second-order valence-corrected chi connectivity index (χ2v) is 6.79.